The van der Waals surface area contributed by atoms with Crippen molar-refractivity contribution in [3.8, 4) is 0 Å². The zero-order valence-corrected chi connectivity index (χ0v) is 16.8. The zero-order valence-electron chi connectivity index (χ0n) is 15.0. The van der Waals surface area contributed by atoms with E-state index in [0.717, 1.165) is 12.8 Å². The molecular weight excluding hydrogens is 380 g/mol. The quantitative estimate of drug-likeness (QED) is 0.381. The summed E-state index contributed by atoms with van der Waals surface area (Å²) in [5, 5.41) is 7.74. The average Bonchev–Trinajstić information content (AvgIpc) is 3.11. The highest BCUT2D eigenvalue weighted by Crippen LogP contribution is 2.85. The Hall–Kier alpha value is -1.08. The Kier molecular flexibility index (Phi) is 6.13. The van der Waals surface area contributed by atoms with Crippen molar-refractivity contribution < 1.29 is 28.7 Å². The molecule has 1 aliphatic carbocycles. The van der Waals surface area contributed by atoms with Crippen molar-refractivity contribution in [2.24, 2.45) is 0 Å². The van der Waals surface area contributed by atoms with E-state index < -0.39 is 26.0 Å². The van der Waals surface area contributed by atoms with Crippen LogP contribution in [0.3, 0.4) is 0 Å². The lowest BCUT2D eigenvalue weighted by Gasteiger charge is -2.19. The maximum absolute atomic E-state index is 11.6. The van der Waals surface area contributed by atoms with Crippen molar-refractivity contribution in [2.45, 2.75) is 57.4 Å². The normalized spacial score (nSPS) is 20.1. The first kappa shape index (κ1) is 21.2. The zero-order chi connectivity index (χ0) is 19.8. The summed E-state index contributed by atoms with van der Waals surface area (Å²) < 4.78 is 24.8. The van der Waals surface area contributed by atoms with Crippen LogP contribution in [-0.2, 0) is 15.7 Å². The number of hydrogen-bond acceptors (Lipinski definition) is 4. The van der Waals surface area contributed by atoms with E-state index in [2.05, 4.69) is 16.4 Å². The third kappa shape index (κ3) is 4.42. The van der Waals surface area contributed by atoms with Gasteiger partial charge < -0.3 is 19.6 Å². The van der Waals surface area contributed by atoms with Gasteiger partial charge in [0, 0.05) is 12.1 Å². The van der Waals surface area contributed by atoms with Crippen LogP contribution in [0.25, 0.3) is 0 Å². The topological polar surface area (TPSA) is 146 Å². The fourth-order valence-corrected chi connectivity index (χ4v) is 6.17. The molecule has 0 radical (unpaired) electrons. The number of aromatic nitrogens is 3. The van der Waals surface area contributed by atoms with E-state index in [9.17, 15) is 28.7 Å². The second-order valence-electron chi connectivity index (χ2n) is 6.96. The summed E-state index contributed by atoms with van der Waals surface area (Å²) in [6.07, 6.45) is 7.16. The fraction of sp³-hybridized carbons (Fsp3) is 0.600. The molecule has 0 spiro atoms. The van der Waals surface area contributed by atoms with Gasteiger partial charge in [0.1, 0.15) is 0 Å². The van der Waals surface area contributed by atoms with Crippen LogP contribution in [0.15, 0.2) is 29.5 Å². The predicted octanol–water partition coefficient (Wildman–Crippen LogP) is 2.51. The van der Waals surface area contributed by atoms with Crippen LogP contribution in [0.5, 0.6) is 0 Å². The average molecular weight is 405 g/mol. The third-order valence-electron chi connectivity index (χ3n) is 4.54. The van der Waals surface area contributed by atoms with Gasteiger partial charge in [-0.3, -0.25) is 9.13 Å². The van der Waals surface area contributed by atoms with Crippen LogP contribution in [0.2, 0.25) is 0 Å². The lowest BCUT2D eigenvalue weighted by Crippen LogP contribution is -2.13. The van der Waals surface area contributed by atoms with Crippen molar-refractivity contribution in [3.05, 3.63) is 35.2 Å². The van der Waals surface area contributed by atoms with Gasteiger partial charge in [-0.15, -0.1) is 5.10 Å². The molecule has 9 nitrogen and oxygen atoms in total. The number of nitrogens with zero attached hydrogens (tertiary/aromatic N) is 3. The fourth-order valence-electron chi connectivity index (χ4n) is 2.90. The molecule has 2 rings (SSSR count). The van der Waals surface area contributed by atoms with Gasteiger partial charge in [0.2, 0.25) is 0 Å². The third-order valence-corrected chi connectivity index (χ3v) is 9.11. The van der Waals surface area contributed by atoms with E-state index in [4.69, 9.17) is 0 Å². The highest BCUT2D eigenvalue weighted by atomic mass is 31.2. The first-order chi connectivity index (χ1) is 11.9. The van der Waals surface area contributed by atoms with Crippen LogP contribution >= 0.6 is 15.2 Å². The van der Waals surface area contributed by atoms with Crippen molar-refractivity contribution >= 4 is 15.2 Å². The molecule has 0 aromatic carbocycles. The van der Waals surface area contributed by atoms with Crippen LogP contribution in [0.4, 0.5) is 0 Å². The monoisotopic (exact) mass is 405 g/mol. The molecule has 1 aliphatic rings. The Labute approximate surface area is 152 Å². The Morgan fingerprint density at radius 2 is 1.85 bits per heavy atom. The minimum Gasteiger partial charge on any atom is -0.324 e. The minimum absolute atomic E-state index is 0.187. The van der Waals surface area contributed by atoms with Crippen LogP contribution in [0, 0.1) is 0 Å². The van der Waals surface area contributed by atoms with E-state index in [1.165, 1.54) is 22.0 Å². The molecule has 1 atom stereocenters. The van der Waals surface area contributed by atoms with Crippen molar-refractivity contribution in [3.63, 3.8) is 0 Å². The first-order valence-electron chi connectivity index (χ1n) is 8.19. The molecule has 26 heavy (non-hydrogen) atoms. The van der Waals surface area contributed by atoms with Gasteiger partial charge in [-0.1, -0.05) is 28.5 Å². The smallest absolute Gasteiger partial charge is 0.324 e. The summed E-state index contributed by atoms with van der Waals surface area (Å²) in [4.78, 5) is 35.4. The summed E-state index contributed by atoms with van der Waals surface area (Å²) in [5.41, 5.74) is 2.62. The predicted molar refractivity (Wildman–Crippen MR) is 96.6 cm³/mol. The summed E-state index contributed by atoms with van der Waals surface area (Å²) in [6.45, 7) is 6.52. The van der Waals surface area contributed by atoms with Gasteiger partial charge >= 0.3 is 15.2 Å². The number of hydrogen-bond donors (Lipinski definition) is 4. The molecule has 1 fully saturated rings. The Balaban J connectivity index is 2.06. The van der Waals surface area contributed by atoms with Gasteiger partial charge in [-0.05, 0) is 40.0 Å². The lowest BCUT2D eigenvalue weighted by molar-refractivity contribution is 0.333. The van der Waals surface area contributed by atoms with Crippen molar-refractivity contribution in [1.29, 1.82) is 0 Å². The molecule has 1 aromatic heterocycles. The van der Waals surface area contributed by atoms with Gasteiger partial charge in [-0.25, -0.2) is 4.68 Å². The second-order valence-corrected chi connectivity index (χ2v) is 11.1. The molecule has 0 bridgehead atoms. The molecule has 4 N–H and O–H groups in total. The van der Waals surface area contributed by atoms with E-state index >= 15 is 0 Å². The summed E-state index contributed by atoms with van der Waals surface area (Å²) >= 11 is 0. The summed E-state index contributed by atoms with van der Waals surface area (Å²) in [7, 11) is -10.0. The standard InChI is InChI=1S/C15H25N3O6P2/c1-11(2)5-4-6-12(3)7-8-18-10-14(16-17-18)13-9-15(13,25(19,20)21)26(22,23)24/h5,7,10,13H,4,6,8-9H2,1-3H3,(H2,19,20,21)(H2,22,23,24)/b12-7+. The van der Waals surface area contributed by atoms with Crippen LogP contribution in [0.1, 0.15) is 51.6 Å². The second kappa shape index (κ2) is 7.50. The Morgan fingerprint density at radius 3 is 2.35 bits per heavy atom. The molecule has 1 aromatic rings. The van der Waals surface area contributed by atoms with Crippen LogP contribution < -0.4 is 0 Å². The van der Waals surface area contributed by atoms with Crippen molar-refractivity contribution in [1.82, 2.24) is 15.0 Å². The van der Waals surface area contributed by atoms with Gasteiger partial charge in [0.05, 0.1) is 12.2 Å². The van der Waals surface area contributed by atoms with Crippen molar-refractivity contribution in [2.75, 3.05) is 0 Å². The number of rotatable bonds is 8. The molecule has 1 unspecified atom stereocenters. The Morgan fingerprint density at radius 1 is 1.23 bits per heavy atom. The largest absolute Gasteiger partial charge is 0.344 e. The Bertz CT molecular complexity index is 793. The molecule has 11 heteroatoms. The molecule has 1 heterocycles. The van der Waals surface area contributed by atoms with E-state index in [0.29, 0.717) is 6.54 Å². The molecule has 0 saturated heterocycles. The van der Waals surface area contributed by atoms with Crippen LogP contribution in [-0.4, -0.2) is 39.5 Å². The molecule has 1 saturated carbocycles. The molecular formula is C15H25N3O6P2. The molecule has 0 amide bonds. The molecule has 0 aliphatic heterocycles. The minimum atomic E-state index is -5.00. The van der Waals surface area contributed by atoms with Gasteiger partial charge in [0.25, 0.3) is 0 Å². The van der Waals surface area contributed by atoms with Gasteiger partial charge in [-0.2, -0.15) is 0 Å². The van der Waals surface area contributed by atoms with E-state index in [-0.39, 0.29) is 12.1 Å². The SMILES string of the molecule is CC(C)=CCC/C(C)=C/Cn1cc(C2CC2(P(=O)(O)O)P(=O)(O)O)nn1. The van der Waals surface area contributed by atoms with E-state index in [1.54, 1.807) is 0 Å². The highest BCUT2D eigenvalue weighted by molar-refractivity contribution is 7.73. The first-order valence-corrected chi connectivity index (χ1v) is 11.4. The maximum atomic E-state index is 11.6. The summed E-state index contributed by atoms with van der Waals surface area (Å²) in [5.74, 6) is -0.999. The highest BCUT2D eigenvalue weighted by Gasteiger charge is 2.77. The van der Waals surface area contributed by atoms with E-state index in [1.807, 2.05) is 26.8 Å². The summed E-state index contributed by atoms with van der Waals surface area (Å²) in [6, 6.07) is 0. The van der Waals surface area contributed by atoms with Gasteiger partial charge in [0.15, 0.2) is 4.90 Å². The number of allylic oxidation sites excluding steroid dienone is 4. The maximum Gasteiger partial charge on any atom is 0.344 e. The lowest BCUT2D eigenvalue weighted by atomic mass is 10.1. The molecule has 146 valence electrons.